The number of nitrogens with zero attached hydrogens (tertiary/aromatic N) is 2. The van der Waals surface area contributed by atoms with Crippen LogP contribution in [0.2, 0.25) is 0 Å². The number of carbonyl (C=O) groups excluding carboxylic acids is 1. The molecule has 0 fully saturated rings. The number of hydrogen-bond acceptors (Lipinski definition) is 3. The molecule has 0 aromatic carbocycles. The zero-order chi connectivity index (χ0) is 12.8. The second-order valence-corrected chi connectivity index (χ2v) is 3.90. The Labute approximate surface area is 99.6 Å². The van der Waals surface area contributed by atoms with Crippen molar-refractivity contribution < 1.29 is 14.7 Å². The molecule has 94 valence electrons. The van der Waals surface area contributed by atoms with Gasteiger partial charge in [0, 0.05) is 37.7 Å². The van der Waals surface area contributed by atoms with Crippen molar-refractivity contribution in [2.24, 2.45) is 7.05 Å². The van der Waals surface area contributed by atoms with Crippen LogP contribution in [-0.2, 0) is 23.2 Å². The molecule has 1 rings (SSSR count). The Balaban J connectivity index is 2.28. The summed E-state index contributed by atoms with van der Waals surface area (Å²) in [6, 6.07) is 0. The number of aryl methyl sites for hydroxylation is 1. The third kappa shape index (κ3) is 4.26. The first kappa shape index (κ1) is 13.2. The molecule has 0 aliphatic carbocycles. The summed E-state index contributed by atoms with van der Waals surface area (Å²) in [6.45, 7) is 2.37. The maximum absolute atomic E-state index is 11.4. The van der Waals surface area contributed by atoms with E-state index in [-0.39, 0.29) is 18.7 Å². The monoisotopic (exact) mass is 239 g/mol. The van der Waals surface area contributed by atoms with Crippen molar-refractivity contribution in [1.29, 1.82) is 0 Å². The topological polar surface area (TPSA) is 84.2 Å². The van der Waals surface area contributed by atoms with Crippen molar-refractivity contribution in [2.75, 3.05) is 0 Å². The van der Waals surface area contributed by atoms with Gasteiger partial charge in [0.2, 0.25) is 5.91 Å². The van der Waals surface area contributed by atoms with Gasteiger partial charge in [-0.2, -0.15) is 5.10 Å². The Morgan fingerprint density at radius 3 is 2.71 bits per heavy atom. The van der Waals surface area contributed by atoms with Crippen LogP contribution >= 0.6 is 0 Å². The molecule has 0 spiro atoms. The first-order valence-corrected chi connectivity index (χ1v) is 5.46. The first-order valence-electron chi connectivity index (χ1n) is 5.46. The van der Waals surface area contributed by atoms with Gasteiger partial charge in [0.15, 0.2) is 0 Å². The third-order valence-corrected chi connectivity index (χ3v) is 2.61. The highest BCUT2D eigenvalue weighted by atomic mass is 16.4. The lowest BCUT2D eigenvalue weighted by atomic mass is 10.2. The second-order valence-electron chi connectivity index (χ2n) is 3.90. The van der Waals surface area contributed by atoms with E-state index in [9.17, 15) is 9.59 Å². The number of carboxylic acids is 1. The quantitative estimate of drug-likeness (QED) is 0.761. The molecule has 1 aromatic rings. The lowest BCUT2D eigenvalue weighted by Gasteiger charge is -2.04. The van der Waals surface area contributed by atoms with Gasteiger partial charge in [0.25, 0.3) is 0 Å². The first-order chi connectivity index (χ1) is 8.00. The van der Waals surface area contributed by atoms with Gasteiger partial charge >= 0.3 is 5.97 Å². The molecule has 0 atom stereocenters. The Morgan fingerprint density at radius 2 is 2.18 bits per heavy atom. The minimum absolute atomic E-state index is 0.0271. The smallest absolute Gasteiger partial charge is 0.303 e. The average molecular weight is 239 g/mol. The van der Waals surface area contributed by atoms with Gasteiger partial charge < -0.3 is 10.4 Å². The molecule has 6 nitrogen and oxygen atoms in total. The van der Waals surface area contributed by atoms with Crippen LogP contribution in [0.5, 0.6) is 0 Å². The molecule has 0 radical (unpaired) electrons. The summed E-state index contributed by atoms with van der Waals surface area (Å²) in [7, 11) is 1.84. The Kier molecular flexibility index (Phi) is 4.68. The van der Waals surface area contributed by atoms with Crippen molar-refractivity contribution >= 4 is 11.9 Å². The van der Waals surface area contributed by atoms with E-state index in [0.717, 1.165) is 11.3 Å². The SMILES string of the molecule is Cc1c(CNC(=O)CCCC(=O)O)cnn1C. The lowest BCUT2D eigenvalue weighted by molar-refractivity contribution is -0.137. The maximum Gasteiger partial charge on any atom is 0.303 e. The van der Waals surface area contributed by atoms with Crippen molar-refractivity contribution in [3.05, 3.63) is 17.5 Å². The summed E-state index contributed by atoms with van der Waals surface area (Å²) in [6.07, 6.45) is 2.35. The number of carbonyl (C=O) groups is 2. The number of aliphatic carboxylic acids is 1. The van der Waals surface area contributed by atoms with E-state index < -0.39 is 5.97 Å². The molecule has 1 amide bonds. The van der Waals surface area contributed by atoms with E-state index in [1.807, 2.05) is 14.0 Å². The van der Waals surface area contributed by atoms with Crippen molar-refractivity contribution in [1.82, 2.24) is 15.1 Å². The minimum atomic E-state index is -0.874. The van der Waals surface area contributed by atoms with Gasteiger partial charge in [0.1, 0.15) is 0 Å². The Hall–Kier alpha value is -1.85. The average Bonchev–Trinajstić information content (AvgIpc) is 2.57. The van der Waals surface area contributed by atoms with E-state index >= 15 is 0 Å². The predicted molar refractivity (Wildman–Crippen MR) is 61.3 cm³/mol. The van der Waals surface area contributed by atoms with Gasteiger partial charge in [-0.05, 0) is 13.3 Å². The zero-order valence-electron chi connectivity index (χ0n) is 10.1. The van der Waals surface area contributed by atoms with Crippen LogP contribution in [0.1, 0.15) is 30.5 Å². The van der Waals surface area contributed by atoms with E-state index in [2.05, 4.69) is 10.4 Å². The van der Waals surface area contributed by atoms with Crippen LogP contribution < -0.4 is 5.32 Å². The number of amides is 1. The number of rotatable bonds is 6. The number of nitrogens with one attached hydrogen (secondary N) is 1. The lowest BCUT2D eigenvalue weighted by Crippen LogP contribution is -2.22. The molecule has 1 aromatic heterocycles. The highest BCUT2D eigenvalue weighted by Crippen LogP contribution is 2.05. The van der Waals surface area contributed by atoms with E-state index in [1.165, 1.54) is 0 Å². The third-order valence-electron chi connectivity index (χ3n) is 2.61. The number of aromatic nitrogens is 2. The van der Waals surface area contributed by atoms with Crippen LogP contribution in [0, 0.1) is 6.92 Å². The van der Waals surface area contributed by atoms with E-state index in [4.69, 9.17) is 5.11 Å². The molecule has 0 saturated carbocycles. The van der Waals surface area contributed by atoms with Crippen LogP contribution in [-0.4, -0.2) is 26.8 Å². The van der Waals surface area contributed by atoms with Crippen molar-refractivity contribution in [3.8, 4) is 0 Å². The summed E-state index contributed by atoms with van der Waals surface area (Å²) < 4.78 is 1.74. The normalized spacial score (nSPS) is 10.2. The van der Waals surface area contributed by atoms with Gasteiger partial charge in [-0.15, -0.1) is 0 Å². The van der Waals surface area contributed by atoms with Crippen molar-refractivity contribution in [2.45, 2.75) is 32.7 Å². The summed E-state index contributed by atoms with van der Waals surface area (Å²) in [5, 5.41) is 15.2. The van der Waals surface area contributed by atoms with Crippen LogP contribution in [0.25, 0.3) is 0 Å². The molecule has 1 heterocycles. The van der Waals surface area contributed by atoms with Gasteiger partial charge in [0.05, 0.1) is 6.20 Å². The van der Waals surface area contributed by atoms with Gasteiger partial charge in [-0.1, -0.05) is 0 Å². The number of carboxylic acid groups (broad SMARTS) is 1. The van der Waals surface area contributed by atoms with Crippen molar-refractivity contribution in [3.63, 3.8) is 0 Å². The second kappa shape index (κ2) is 6.03. The molecule has 0 unspecified atom stereocenters. The predicted octanol–water partition coefficient (Wildman–Crippen LogP) is 0.600. The van der Waals surface area contributed by atoms with Gasteiger partial charge in [-0.3, -0.25) is 14.3 Å². The Morgan fingerprint density at radius 1 is 1.47 bits per heavy atom. The molecular weight excluding hydrogens is 222 g/mol. The molecule has 17 heavy (non-hydrogen) atoms. The zero-order valence-corrected chi connectivity index (χ0v) is 10.1. The summed E-state index contributed by atoms with van der Waals surface area (Å²) >= 11 is 0. The van der Waals surface area contributed by atoms with Gasteiger partial charge in [-0.25, -0.2) is 0 Å². The fourth-order valence-corrected chi connectivity index (χ4v) is 1.40. The highest BCUT2D eigenvalue weighted by molar-refractivity contribution is 5.76. The molecule has 2 N–H and O–H groups in total. The molecule has 6 heteroatoms. The van der Waals surface area contributed by atoms with Crippen LogP contribution in [0.4, 0.5) is 0 Å². The summed E-state index contributed by atoms with van der Waals surface area (Å²) in [5.41, 5.74) is 1.98. The van der Waals surface area contributed by atoms with Crippen LogP contribution in [0.15, 0.2) is 6.20 Å². The highest BCUT2D eigenvalue weighted by Gasteiger charge is 2.06. The number of hydrogen-bond donors (Lipinski definition) is 2. The molecule has 0 saturated heterocycles. The molecule has 0 bridgehead atoms. The molecule has 0 aliphatic heterocycles. The summed E-state index contributed by atoms with van der Waals surface area (Å²) in [5.74, 6) is -1.00. The Bertz CT molecular complexity index is 412. The van der Waals surface area contributed by atoms with E-state index in [1.54, 1.807) is 10.9 Å². The molecule has 0 aliphatic rings. The van der Waals surface area contributed by atoms with E-state index in [0.29, 0.717) is 13.0 Å². The maximum atomic E-state index is 11.4. The largest absolute Gasteiger partial charge is 0.481 e. The minimum Gasteiger partial charge on any atom is -0.481 e. The van der Waals surface area contributed by atoms with Crippen LogP contribution in [0.3, 0.4) is 0 Å². The molecular formula is C11H17N3O3. The standard InChI is InChI=1S/C11H17N3O3/c1-8-9(7-13-14(8)2)6-12-10(15)4-3-5-11(16)17/h7H,3-6H2,1-2H3,(H,12,15)(H,16,17). The fourth-order valence-electron chi connectivity index (χ4n) is 1.40. The fraction of sp³-hybridized carbons (Fsp3) is 0.545. The summed E-state index contributed by atoms with van der Waals surface area (Å²) in [4.78, 5) is 21.6.